The summed E-state index contributed by atoms with van der Waals surface area (Å²) in [5, 5.41) is 23.2. The van der Waals surface area contributed by atoms with Crippen LogP contribution in [-0.4, -0.2) is 32.7 Å². The Bertz CT molecular complexity index is 330. The summed E-state index contributed by atoms with van der Waals surface area (Å²) >= 11 is 0. The van der Waals surface area contributed by atoms with Crippen LogP contribution in [0, 0.1) is 5.21 Å². The Labute approximate surface area is 76.7 Å². The number of hydroxylamine groups is 1. The van der Waals surface area contributed by atoms with Gasteiger partial charge in [-0.25, -0.2) is 4.99 Å². The monoisotopic (exact) mass is 183 g/mol. The highest BCUT2D eigenvalue weighted by molar-refractivity contribution is 6.40. The predicted molar refractivity (Wildman–Crippen MR) is 50.7 cm³/mol. The van der Waals surface area contributed by atoms with Crippen molar-refractivity contribution in [3.63, 3.8) is 0 Å². The van der Waals surface area contributed by atoms with E-state index in [9.17, 15) is 5.21 Å². The Morgan fingerprint density at radius 3 is 2.46 bits per heavy atom. The van der Waals surface area contributed by atoms with Gasteiger partial charge < -0.3 is 10.4 Å². The molecule has 0 saturated heterocycles. The molecule has 0 aromatic heterocycles. The number of oxime groups is 1. The van der Waals surface area contributed by atoms with Gasteiger partial charge in [-0.15, -0.1) is 0 Å². The van der Waals surface area contributed by atoms with Gasteiger partial charge in [0.1, 0.15) is 11.4 Å². The Kier molecular flexibility index (Phi) is 2.11. The van der Waals surface area contributed by atoms with E-state index in [1.54, 1.807) is 27.7 Å². The minimum absolute atomic E-state index is 0.290. The standard InChI is InChI=1S/C8H13N3O2/c1-5-6(2)11(13)8(4,9-5)7(3)10-12/h12H,1-4H3. The summed E-state index contributed by atoms with van der Waals surface area (Å²) in [4.78, 5) is 4.16. The third kappa shape index (κ3) is 1.20. The summed E-state index contributed by atoms with van der Waals surface area (Å²) in [6, 6.07) is 0. The normalized spacial score (nSPS) is 29.5. The van der Waals surface area contributed by atoms with Gasteiger partial charge in [-0.2, -0.15) is 4.74 Å². The van der Waals surface area contributed by atoms with Gasteiger partial charge in [0, 0.05) is 13.8 Å². The van der Waals surface area contributed by atoms with Crippen LogP contribution in [0.3, 0.4) is 0 Å². The number of hydrogen-bond acceptors (Lipinski definition) is 4. The first-order valence-corrected chi connectivity index (χ1v) is 4.00. The zero-order valence-corrected chi connectivity index (χ0v) is 8.20. The van der Waals surface area contributed by atoms with Crippen LogP contribution in [0.15, 0.2) is 10.1 Å². The van der Waals surface area contributed by atoms with Gasteiger partial charge in [-0.1, -0.05) is 5.16 Å². The van der Waals surface area contributed by atoms with Crippen molar-refractivity contribution in [1.82, 2.24) is 0 Å². The molecule has 0 saturated carbocycles. The van der Waals surface area contributed by atoms with Crippen molar-refractivity contribution < 1.29 is 9.95 Å². The lowest BCUT2D eigenvalue weighted by Crippen LogP contribution is -2.40. The average molecular weight is 183 g/mol. The number of aliphatic imine (C=N–C) groups is 1. The second-order valence-corrected chi connectivity index (χ2v) is 3.28. The van der Waals surface area contributed by atoms with E-state index in [1.807, 2.05) is 0 Å². The minimum Gasteiger partial charge on any atom is -0.621 e. The van der Waals surface area contributed by atoms with E-state index in [0.29, 0.717) is 17.1 Å². The summed E-state index contributed by atoms with van der Waals surface area (Å²) in [6.07, 6.45) is 0. The highest BCUT2D eigenvalue weighted by Gasteiger charge is 2.43. The van der Waals surface area contributed by atoms with E-state index in [2.05, 4.69) is 10.1 Å². The fraction of sp³-hybridized carbons (Fsp3) is 0.625. The second kappa shape index (κ2) is 2.83. The Hall–Kier alpha value is -1.39. The molecule has 0 spiro atoms. The van der Waals surface area contributed by atoms with Crippen LogP contribution in [-0.2, 0) is 0 Å². The van der Waals surface area contributed by atoms with E-state index in [0.717, 1.165) is 4.74 Å². The lowest BCUT2D eigenvalue weighted by Gasteiger charge is -2.19. The molecule has 5 nitrogen and oxygen atoms in total. The molecule has 1 rings (SSSR count). The maximum Gasteiger partial charge on any atom is 0.305 e. The van der Waals surface area contributed by atoms with Crippen molar-refractivity contribution in [2.24, 2.45) is 10.1 Å². The van der Waals surface area contributed by atoms with Crippen molar-refractivity contribution in [2.45, 2.75) is 33.4 Å². The zero-order chi connectivity index (χ0) is 10.2. The Balaban J connectivity index is 3.25. The number of nitrogens with zero attached hydrogens (tertiary/aromatic N) is 3. The van der Waals surface area contributed by atoms with Crippen LogP contribution < -0.4 is 0 Å². The predicted octanol–water partition coefficient (Wildman–Crippen LogP) is 0.998. The lowest BCUT2D eigenvalue weighted by molar-refractivity contribution is -0.514. The fourth-order valence-corrected chi connectivity index (χ4v) is 1.25. The average Bonchev–Trinajstić information content (AvgIpc) is 2.30. The molecule has 0 bridgehead atoms. The molecule has 72 valence electrons. The van der Waals surface area contributed by atoms with Crippen LogP contribution in [0.5, 0.6) is 0 Å². The quantitative estimate of drug-likeness (QED) is 0.216. The third-order valence-electron chi connectivity index (χ3n) is 2.44. The van der Waals surface area contributed by atoms with E-state index in [4.69, 9.17) is 5.21 Å². The second-order valence-electron chi connectivity index (χ2n) is 3.28. The summed E-state index contributed by atoms with van der Waals surface area (Å²) < 4.78 is 0.761. The summed E-state index contributed by atoms with van der Waals surface area (Å²) in [6.45, 7) is 6.65. The first-order valence-electron chi connectivity index (χ1n) is 4.00. The topological polar surface area (TPSA) is 71.0 Å². The van der Waals surface area contributed by atoms with Crippen molar-refractivity contribution in [3.8, 4) is 0 Å². The number of rotatable bonds is 1. The zero-order valence-electron chi connectivity index (χ0n) is 8.20. The number of hydrogen-bond donors (Lipinski definition) is 1. The largest absolute Gasteiger partial charge is 0.621 e. The molecule has 0 aromatic rings. The molecule has 5 heteroatoms. The summed E-state index contributed by atoms with van der Waals surface area (Å²) in [5.41, 5.74) is 0.466. The van der Waals surface area contributed by atoms with Gasteiger partial charge >= 0.3 is 5.66 Å². The molecular weight excluding hydrogens is 170 g/mol. The van der Waals surface area contributed by atoms with Crippen LogP contribution >= 0.6 is 0 Å². The molecule has 0 fully saturated rings. The molecule has 1 N–H and O–H groups in total. The minimum atomic E-state index is -1.07. The van der Waals surface area contributed by atoms with Crippen LogP contribution in [0.2, 0.25) is 0 Å². The van der Waals surface area contributed by atoms with E-state index >= 15 is 0 Å². The maximum atomic E-state index is 11.6. The SMILES string of the molecule is CC1=NC(C)(C(C)=NO)[N+]([O-])=C1C. The molecule has 0 aromatic carbocycles. The van der Waals surface area contributed by atoms with E-state index in [-0.39, 0.29) is 0 Å². The molecule has 0 radical (unpaired) electrons. The van der Waals surface area contributed by atoms with Crippen LogP contribution in [0.4, 0.5) is 0 Å². The van der Waals surface area contributed by atoms with Gasteiger partial charge in [0.25, 0.3) is 0 Å². The summed E-state index contributed by atoms with van der Waals surface area (Å²) in [7, 11) is 0. The summed E-state index contributed by atoms with van der Waals surface area (Å²) in [5.74, 6) is 0. The molecule has 0 aliphatic carbocycles. The molecule has 0 amide bonds. The Morgan fingerprint density at radius 2 is 2.15 bits per heavy atom. The third-order valence-corrected chi connectivity index (χ3v) is 2.44. The molecule has 1 atom stereocenters. The molecule has 1 heterocycles. The van der Waals surface area contributed by atoms with Gasteiger partial charge in [0.2, 0.25) is 5.71 Å². The van der Waals surface area contributed by atoms with E-state index < -0.39 is 5.66 Å². The van der Waals surface area contributed by atoms with Crippen molar-refractivity contribution >= 4 is 17.1 Å². The molecule has 13 heavy (non-hydrogen) atoms. The highest BCUT2D eigenvalue weighted by atomic mass is 16.5. The first-order chi connectivity index (χ1) is 5.93. The van der Waals surface area contributed by atoms with Gasteiger partial charge in [-0.05, 0) is 13.8 Å². The van der Waals surface area contributed by atoms with Crippen molar-refractivity contribution in [1.29, 1.82) is 0 Å². The van der Waals surface area contributed by atoms with Crippen LogP contribution in [0.1, 0.15) is 27.7 Å². The highest BCUT2D eigenvalue weighted by Crippen LogP contribution is 2.20. The first kappa shape index (κ1) is 9.70. The van der Waals surface area contributed by atoms with Gasteiger partial charge in [-0.3, -0.25) is 0 Å². The molecule has 1 unspecified atom stereocenters. The Morgan fingerprint density at radius 1 is 1.62 bits per heavy atom. The molecule has 1 aliphatic heterocycles. The fourth-order valence-electron chi connectivity index (χ4n) is 1.25. The van der Waals surface area contributed by atoms with Crippen molar-refractivity contribution in [2.75, 3.05) is 0 Å². The van der Waals surface area contributed by atoms with Crippen LogP contribution in [0.25, 0.3) is 0 Å². The molecule has 1 aliphatic rings. The van der Waals surface area contributed by atoms with Crippen molar-refractivity contribution in [3.05, 3.63) is 5.21 Å². The maximum absolute atomic E-state index is 11.6. The van der Waals surface area contributed by atoms with Gasteiger partial charge in [0.05, 0.1) is 0 Å². The molecular formula is C8H13N3O2. The smallest absolute Gasteiger partial charge is 0.305 e. The van der Waals surface area contributed by atoms with E-state index in [1.165, 1.54) is 0 Å². The van der Waals surface area contributed by atoms with Gasteiger partial charge in [0.15, 0.2) is 0 Å². The lowest BCUT2D eigenvalue weighted by atomic mass is 10.1.